The highest BCUT2D eigenvalue weighted by Crippen LogP contribution is 2.19. The highest BCUT2D eigenvalue weighted by Gasteiger charge is 2.22. The lowest BCUT2D eigenvalue weighted by Gasteiger charge is -2.34. The van der Waals surface area contributed by atoms with Crippen molar-refractivity contribution in [2.45, 2.75) is 32.4 Å². The van der Waals surface area contributed by atoms with E-state index in [1.807, 2.05) is 54.6 Å². The lowest BCUT2D eigenvalue weighted by atomic mass is 10.1. The van der Waals surface area contributed by atoms with E-state index >= 15 is 0 Å². The number of aliphatic imine (C=N–C) groups is 1. The van der Waals surface area contributed by atoms with Crippen LogP contribution in [-0.4, -0.2) is 42.5 Å². The fraction of sp³-hybridized carbons (Fsp3) is 0.308. The third-order valence-corrected chi connectivity index (χ3v) is 5.49. The summed E-state index contributed by atoms with van der Waals surface area (Å²) in [5.41, 5.74) is 1.79. The summed E-state index contributed by atoms with van der Waals surface area (Å²) in [6.45, 7) is 5.27. The Kier molecular flexibility index (Phi) is 9.81. The van der Waals surface area contributed by atoms with E-state index in [9.17, 15) is 4.79 Å². The van der Waals surface area contributed by atoms with Crippen molar-refractivity contribution in [1.29, 1.82) is 0 Å². The number of piperidine rings is 1. The van der Waals surface area contributed by atoms with Gasteiger partial charge in [-0.15, -0.1) is 24.0 Å². The number of carbonyl (C=O) groups excluding carboxylic acids is 1. The zero-order valence-electron chi connectivity index (χ0n) is 19.3. The highest BCUT2D eigenvalue weighted by atomic mass is 127. The third-order valence-electron chi connectivity index (χ3n) is 5.49. The molecule has 1 amide bonds. The van der Waals surface area contributed by atoms with Crippen LogP contribution < -0.4 is 15.4 Å². The summed E-state index contributed by atoms with van der Waals surface area (Å²) < 4.78 is 11.2. The van der Waals surface area contributed by atoms with Gasteiger partial charge in [0.05, 0.1) is 12.8 Å². The number of anilines is 1. The molecule has 0 bridgehead atoms. The Balaban J connectivity index is 0.00000324. The second-order valence-electron chi connectivity index (χ2n) is 7.92. The van der Waals surface area contributed by atoms with E-state index in [1.54, 1.807) is 12.1 Å². The Labute approximate surface area is 217 Å². The standard InChI is InChI=1S/C26H30N4O3.HI/c1-2-27-26(30-16-14-23(15-17-30)33-22-7-4-3-5-8-22)28-19-20-10-12-21(13-11-20)29-25(31)24-9-6-18-32-24;/h3-13,18,23H,2,14-17,19H2,1H3,(H,27,28)(H,29,31);1H. The highest BCUT2D eigenvalue weighted by molar-refractivity contribution is 14.0. The minimum Gasteiger partial charge on any atom is -0.490 e. The summed E-state index contributed by atoms with van der Waals surface area (Å²) in [6, 6.07) is 21.1. The number of furan rings is 1. The van der Waals surface area contributed by atoms with E-state index in [1.165, 1.54) is 6.26 Å². The van der Waals surface area contributed by atoms with Gasteiger partial charge in [-0.05, 0) is 48.9 Å². The monoisotopic (exact) mass is 574 g/mol. The number of halogens is 1. The van der Waals surface area contributed by atoms with E-state index in [0.29, 0.717) is 6.54 Å². The summed E-state index contributed by atoms with van der Waals surface area (Å²) in [4.78, 5) is 19.2. The molecule has 2 N–H and O–H groups in total. The van der Waals surface area contributed by atoms with Crippen LogP contribution in [0.5, 0.6) is 5.75 Å². The Hall–Kier alpha value is -3.01. The Morgan fingerprint density at radius 3 is 2.44 bits per heavy atom. The molecule has 1 aliphatic heterocycles. The molecule has 2 aromatic carbocycles. The van der Waals surface area contributed by atoms with Crippen LogP contribution in [0.3, 0.4) is 0 Å². The second-order valence-corrected chi connectivity index (χ2v) is 7.92. The molecule has 7 nitrogen and oxygen atoms in total. The van der Waals surface area contributed by atoms with Gasteiger partial charge in [0, 0.05) is 38.2 Å². The van der Waals surface area contributed by atoms with Crippen molar-refractivity contribution in [3.63, 3.8) is 0 Å². The number of hydrogen-bond donors (Lipinski definition) is 2. The first-order valence-corrected chi connectivity index (χ1v) is 11.4. The average molecular weight is 574 g/mol. The largest absolute Gasteiger partial charge is 0.490 e. The molecular formula is C26H31IN4O3. The van der Waals surface area contributed by atoms with Gasteiger partial charge in [0.1, 0.15) is 11.9 Å². The summed E-state index contributed by atoms with van der Waals surface area (Å²) in [5, 5.41) is 6.24. The van der Waals surface area contributed by atoms with Crippen molar-refractivity contribution in [3.05, 3.63) is 84.3 Å². The molecule has 34 heavy (non-hydrogen) atoms. The number of carbonyl (C=O) groups is 1. The summed E-state index contributed by atoms with van der Waals surface area (Å²) in [6.07, 6.45) is 3.64. The molecule has 0 spiro atoms. The first-order chi connectivity index (χ1) is 16.2. The molecule has 3 aromatic rings. The summed E-state index contributed by atoms with van der Waals surface area (Å²) in [5.74, 6) is 1.88. The maximum absolute atomic E-state index is 12.1. The predicted octanol–water partition coefficient (Wildman–Crippen LogP) is 5.16. The van der Waals surface area contributed by atoms with Crippen LogP contribution in [-0.2, 0) is 6.54 Å². The molecule has 2 heterocycles. The van der Waals surface area contributed by atoms with Crippen LogP contribution in [0, 0.1) is 0 Å². The number of benzene rings is 2. The van der Waals surface area contributed by atoms with Crippen molar-refractivity contribution < 1.29 is 13.9 Å². The van der Waals surface area contributed by atoms with Gasteiger partial charge in [-0.1, -0.05) is 30.3 Å². The van der Waals surface area contributed by atoms with E-state index in [-0.39, 0.29) is 41.7 Å². The number of guanidine groups is 1. The number of para-hydroxylation sites is 1. The van der Waals surface area contributed by atoms with E-state index in [2.05, 4.69) is 22.5 Å². The molecule has 0 unspecified atom stereocenters. The SMILES string of the molecule is CCNC(=NCc1ccc(NC(=O)c2ccco2)cc1)N1CCC(Oc2ccccc2)CC1.I. The van der Waals surface area contributed by atoms with Crippen molar-refractivity contribution in [1.82, 2.24) is 10.2 Å². The van der Waals surface area contributed by atoms with Crippen LogP contribution in [0.4, 0.5) is 5.69 Å². The first-order valence-electron chi connectivity index (χ1n) is 11.4. The van der Waals surface area contributed by atoms with Crippen molar-refractivity contribution >= 4 is 41.5 Å². The molecule has 8 heteroatoms. The van der Waals surface area contributed by atoms with Crippen LogP contribution in [0.2, 0.25) is 0 Å². The number of rotatable bonds is 7. The van der Waals surface area contributed by atoms with Crippen LogP contribution in [0.25, 0.3) is 0 Å². The maximum Gasteiger partial charge on any atom is 0.291 e. The average Bonchev–Trinajstić information content (AvgIpc) is 3.39. The molecule has 1 saturated heterocycles. The molecule has 1 aliphatic rings. The lowest BCUT2D eigenvalue weighted by molar-refractivity contribution is 0.0996. The minimum atomic E-state index is -0.264. The molecule has 4 rings (SSSR count). The number of likely N-dealkylation sites (tertiary alicyclic amines) is 1. The molecule has 0 saturated carbocycles. The van der Waals surface area contributed by atoms with Crippen LogP contribution in [0.15, 0.2) is 82.4 Å². The van der Waals surface area contributed by atoms with Gasteiger partial charge in [0.25, 0.3) is 5.91 Å². The zero-order chi connectivity index (χ0) is 22.9. The van der Waals surface area contributed by atoms with Crippen molar-refractivity contribution in [2.24, 2.45) is 4.99 Å². The number of nitrogens with zero attached hydrogens (tertiary/aromatic N) is 2. The van der Waals surface area contributed by atoms with Gasteiger partial charge in [-0.25, -0.2) is 4.99 Å². The Morgan fingerprint density at radius 2 is 1.79 bits per heavy atom. The second kappa shape index (κ2) is 13.0. The molecule has 1 fully saturated rings. The summed E-state index contributed by atoms with van der Waals surface area (Å²) >= 11 is 0. The third kappa shape index (κ3) is 7.24. The summed E-state index contributed by atoms with van der Waals surface area (Å²) in [7, 11) is 0. The van der Waals surface area contributed by atoms with Gasteiger partial charge in [0.2, 0.25) is 0 Å². The van der Waals surface area contributed by atoms with E-state index in [0.717, 1.165) is 55.4 Å². The molecule has 0 atom stereocenters. The molecular weight excluding hydrogens is 543 g/mol. The normalized spacial score (nSPS) is 14.3. The predicted molar refractivity (Wildman–Crippen MR) is 145 cm³/mol. The number of nitrogens with one attached hydrogen (secondary N) is 2. The minimum absolute atomic E-state index is 0. The molecule has 1 aromatic heterocycles. The Morgan fingerprint density at radius 1 is 1.06 bits per heavy atom. The maximum atomic E-state index is 12.1. The topological polar surface area (TPSA) is 79.1 Å². The number of ether oxygens (including phenoxy) is 1. The van der Waals surface area contributed by atoms with Crippen molar-refractivity contribution in [3.8, 4) is 5.75 Å². The molecule has 0 radical (unpaired) electrons. The van der Waals surface area contributed by atoms with Gasteiger partial charge in [-0.2, -0.15) is 0 Å². The van der Waals surface area contributed by atoms with Crippen LogP contribution >= 0.6 is 24.0 Å². The molecule has 180 valence electrons. The van der Waals surface area contributed by atoms with Gasteiger partial charge in [-0.3, -0.25) is 4.79 Å². The van der Waals surface area contributed by atoms with Gasteiger partial charge in [0.15, 0.2) is 11.7 Å². The van der Waals surface area contributed by atoms with Crippen molar-refractivity contribution in [2.75, 3.05) is 25.0 Å². The fourth-order valence-corrected chi connectivity index (χ4v) is 3.76. The Bertz CT molecular complexity index is 1030. The van der Waals surface area contributed by atoms with Gasteiger partial charge >= 0.3 is 0 Å². The van der Waals surface area contributed by atoms with E-state index in [4.69, 9.17) is 14.1 Å². The molecule has 0 aliphatic carbocycles. The zero-order valence-corrected chi connectivity index (χ0v) is 21.6. The number of amides is 1. The number of hydrogen-bond acceptors (Lipinski definition) is 4. The quantitative estimate of drug-likeness (QED) is 0.232. The smallest absolute Gasteiger partial charge is 0.291 e. The first kappa shape index (κ1) is 25.6. The fourth-order valence-electron chi connectivity index (χ4n) is 3.76. The lowest BCUT2D eigenvalue weighted by Crippen LogP contribution is -2.47. The van der Waals surface area contributed by atoms with Crippen LogP contribution in [0.1, 0.15) is 35.9 Å². The van der Waals surface area contributed by atoms with E-state index < -0.39 is 0 Å². The van der Waals surface area contributed by atoms with Gasteiger partial charge < -0.3 is 24.7 Å².